The van der Waals surface area contributed by atoms with Crippen LogP contribution in [0.25, 0.3) is 0 Å². The van der Waals surface area contributed by atoms with Gasteiger partial charge in [0.25, 0.3) is 0 Å². The molecule has 0 amide bonds. The molecule has 2 aliphatic rings. The van der Waals surface area contributed by atoms with E-state index in [9.17, 15) is 0 Å². The maximum Gasteiger partial charge on any atom is 0.175 e. The van der Waals surface area contributed by atoms with Crippen molar-refractivity contribution in [2.24, 2.45) is 0 Å². The maximum absolute atomic E-state index is 5.68. The number of hydrogen-bond donors (Lipinski definition) is 1. The first-order valence-corrected chi connectivity index (χ1v) is 8.59. The fourth-order valence-corrected chi connectivity index (χ4v) is 3.59. The molecule has 0 atom stereocenters. The van der Waals surface area contributed by atoms with E-state index in [0.717, 1.165) is 22.5 Å². The van der Waals surface area contributed by atoms with Gasteiger partial charge in [0.1, 0.15) is 13.2 Å². The number of piperidine rings is 1. The molecule has 0 radical (unpaired) electrons. The van der Waals surface area contributed by atoms with Crippen LogP contribution in [0.4, 0.5) is 0 Å². The van der Waals surface area contributed by atoms with Crippen molar-refractivity contribution < 1.29 is 9.47 Å². The summed E-state index contributed by atoms with van der Waals surface area (Å²) in [7, 11) is 0. The Morgan fingerprint density at radius 3 is 2.76 bits per heavy atom. The third kappa shape index (κ3) is 3.71. The number of nitrogens with one attached hydrogen (secondary N) is 1. The molecular weight excluding hydrogens is 332 g/mol. The van der Waals surface area contributed by atoms with Gasteiger partial charge < -0.3 is 19.7 Å². The number of rotatable bonds is 4. The topological polar surface area (TPSA) is 33.7 Å². The summed E-state index contributed by atoms with van der Waals surface area (Å²) in [4.78, 5) is 2.51. The second-order valence-electron chi connectivity index (χ2n) is 5.69. The van der Waals surface area contributed by atoms with E-state index in [1.807, 2.05) is 0 Å². The van der Waals surface area contributed by atoms with Crippen LogP contribution < -0.4 is 14.8 Å². The summed E-state index contributed by atoms with van der Waals surface area (Å²) < 4.78 is 12.3. The second-order valence-corrected chi connectivity index (χ2v) is 6.55. The Bertz CT molecular complexity index is 487. The van der Waals surface area contributed by atoms with Crippen molar-refractivity contribution in [2.45, 2.75) is 32.4 Å². The number of benzene rings is 1. The molecule has 0 aliphatic carbocycles. The highest BCUT2D eigenvalue weighted by Crippen LogP contribution is 2.38. The molecule has 1 aromatic rings. The van der Waals surface area contributed by atoms with Gasteiger partial charge in [-0.25, -0.2) is 0 Å². The molecule has 1 fully saturated rings. The van der Waals surface area contributed by atoms with Crippen molar-refractivity contribution in [3.8, 4) is 11.5 Å². The summed E-state index contributed by atoms with van der Waals surface area (Å²) in [6.45, 7) is 7.96. The van der Waals surface area contributed by atoms with E-state index in [2.05, 4.69) is 45.2 Å². The lowest BCUT2D eigenvalue weighted by Gasteiger charge is -2.31. The van der Waals surface area contributed by atoms with E-state index < -0.39 is 0 Å². The zero-order valence-electron chi connectivity index (χ0n) is 12.5. The SMILES string of the molecule is CCN1CCC(NCc2cc(Br)c3c(c2)OCCO3)CC1. The second kappa shape index (κ2) is 6.99. The molecule has 116 valence electrons. The van der Waals surface area contributed by atoms with Crippen molar-refractivity contribution in [2.75, 3.05) is 32.8 Å². The minimum Gasteiger partial charge on any atom is -0.486 e. The molecule has 5 heteroatoms. The number of likely N-dealkylation sites (tertiary alicyclic amines) is 1. The summed E-state index contributed by atoms with van der Waals surface area (Å²) in [5.41, 5.74) is 1.24. The number of fused-ring (bicyclic) bond motifs is 1. The first-order valence-electron chi connectivity index (χ1n) is 7.80. The van der Waals surface area contributed by atoms with Crippen LogP contribution in [-0.2, 0) is 6.54 Å². The van der Waals surface area contributed by atoms with Gasteiger partial charge in [0, 0.05) is 12.6 Å². The van der Waals surface area contributed by atoms with Crippen molar-refractivity contribution in [3.05, 3.63) is 22.2 Å². The number of ether oxygens (including phenoxy) is 2. The van der Waals surface area contributed by atoms with Crippen molar-refractivity contribution in [3.63, 3.8) is 0 Å². The Balaban J connectivity index is 1.57. The molecule has 4 nitrogen and oxygen atoms in total. The molecule has 0 spiro atoms. The lowest BCUT2D eigenvalue weighted by Crippen LogP contribution is -2.42. The fourth-order valence-electron chi connectivity index (χ4n) is 2.98. The van der Waals surface area contributed by atoms with Gasteiger partial charge in [0.15, 0.2) is 11.5 Å². The number of hydrogen-bond acceptors (Lipinski definition) is 4. The van der Waals surface area contributed by atoms with Gasteiger partial charge in [-0.15, -0.1) is 0 Å². The van der Waals surface area contributed by atoms with Gasteiger partial charge in [0.2, 0.25) is 0 Å². The van der Waals surface area contributed by atoms with Crippen LogP contribution >= 0.6 is 15.9 Å². The molecule has 2 aliphatic heterocycles. The van der Waals surface area contributed by atoms with Crippen LogP contribution in [0.3, 0.4) is 0 Å². The Morgan fingerprint density at radius 2 is 2.00 bits per heavy atom. The van der Waals surface area contributed by atoms with Crippen molar-refractivity contribution in [1.29, 1.82) is 0 Å². The van der Waals surface area contributed by atoms with Gasteiger partial charge in [-0.1, -0.05) is 6.92 Å². The predicted octanol–water partition coefficient (Wildman–Crippen LogP) is 2.79. The lowest BCUT2D eigenvalue weighted by atomic mass is 10.0. The normalized spacial score (nSPS) is 19.7. The van der Waals surface area contributed by atoms with E-state index >= 15 is 0 Å². The van der Waals surface area contributed by atoms with Gasteiger partial charge in [-0.3, -0.25) is 0 Å². The molecule has 1 saturated heterocycles. The minimum atomic E-state index is 0.624. The van der Waals surface area contributed by atoms with Crippen LogP contribution in [0, 0.1) is 0 Å². The first kappa shape index (κ1) is 15.1. The van der Waals surface area contributed by atoms with Crippen molar-refractivity contribution in [1.82, 2.24) is 10.2 Å². The summed E-state index contributed by atoms with van der Waals surface area (Å²) in [5.74, 6) is 1.69. The summed E-state index contributed by atoms with van der Waals surface area (Å²) in [6, 6.07) is 4.84. The van der Waals surface area contributed by atoms with E-state index in [0.29, 0.717) is 19.3 Å². The maximum atomic E-state index is 5.68. The van der Waals surface area contributed by atoms with Crippen LogP contribution in [0.1, 0.15) is 25.3 Å². The minimum absolute atomic E-state index is 0.624. The van der Waals surface area contributed by atoms with Crippen LogP contribution in [0.15, 0.2) is 16.6 Å². The summed E-state index contributed by atoms with van der Waals surface area (Å²) in [5, 5.41) is 3.67. The molecule has 0 unspecified atom stereocenters. The van der Waals surface area contributed by atoms with E-state index in [1.54, 1.807) is 0 Å². The van der Waals surface area contributed by atoms with Crippen LogP contribution in [0.5, 0.6) is 11.5 Å². The third-order valence-corrected chi connectivity index (χ3v) is 4.88. The molecule has 0 aromatic heterocycles. The first-order chi connectivity index (χ1) is 10.3. The Labute approximate surface area is 134 Å². The zero-order chi connectivity index (χ0) is 14.7. The smallest absolute Gasteiger partial charge is 0.175 e. The largest absolute Gasteiger partial charge is 0.486 e. The predicted molar refractivity (Wildman–Crippen MR) is 87.1 cm³/mol. The molecular formula is C16H23BrN2O2. The molecule has 2 heterocycles. The average molecular weight is 355 g/mol. The monoisotopic (exact) mass is 354 g/mol. The Hall–Kier alpha value is -0.780. The highest BCUT2D eigenvalue weighted by Gasteiger charge is 2.19. The molecule has 0 saturated carbocycles. The third-order valence-electron chi connectivity index (χ3n) is 4.29. The molecule has 0 bridgehead atoms. The van der Waals surface area contributed by atoms with Crippen LogP contribution in [0.2, 0.25) is 0 Å². The van der Waals surface area contributed by atoms with E-state index in [-0.39, 0.29) is 0 Å². The zero-order valence-corrected chi connectivity index (χ0v) is 14.1. The van der Waals surface area contributed by atoms with E-state index in [4.69, 9.17) is 9.47 Å². The molecule has 1 N–H and O–H groups in total. The van der Waals surface area contributed by atoms with Crippen molar-refractivity contribution >= 4 is 15.9 Å². The van der Waals surface area contributed by atoms with Gasteiger partial charge >= 0.3 is 0 Å². The molecule has 21 heavy (non-hydrogen) atoms. The molecule has 1 aromatic carbocycles. The number of halogens is 1. The Kier molecular flexibility index (Phi) is 5.03. The van der Waals surface area contributed by atoms with Gasteiger partial charge in [-0.05, 0) is 66.1 Å². The van der Waals surface area contributed by atoms with Gasteiger partial charge in [-0.2, -0.15) is 0 Å². The quantitative estimate of drug-likeness (QED) is 0.901. The standard InChI is InChI=1S/C16H23BrN2O2/c1-2-19-5-3-13(4-6-19)18-11-12-9-14(17)16-15(10-12)20-7-8-21-16/h9-10,13,18H,2-8,11H2,1H3. The van der Waals surface area contributed by atoms with E-state index in [1.165, 1.54) is 38.0 Å². The average Bonchev–Trinajstić information content (AvgIpc) is 2.53. The highest BCUT2D eigenvalue weighted by atomic mass is 79.9. The highest BCUT2D eigenvalue weighted by molar-refractivity contribution is 9.10. The summed E-state index contributed by atoms with van der Waals surface area (Å²) >= 11 is 3.58. The molecule has 3 rings (SSSR count). The number of nitrogens with zero attached hydrogens (tertiary/aromatic N) is 1. The fraction of sp³-hybridized carbons (Fsp3) is 0.625. The van der Waals surface area contributed by atoms with Gasteiger partial charge in [0.05, 0.1) is 4.47 Å². The van der Waals surface area contributed by atoms with Crippen LogP contribution in [-0.4, -0.2) is 43.8 Å². The Morgan fingerprint density at radius 1 is 1.24 bits per heavy atom. The summed E-state index contributed by atoms with van der Waals surface area (Å²) in [6.07, 6.45) is 2.47. The lowest BCUT2D eigenvalue weighted by molar-refractivity contribution is 0.170.